The van der Waals surface area contributed by atoms with E-state index in [1.807, 2.05) is 23.9 Å². The average Bonchev–Trinajstić information content (AvgIpc) is 2.78. The van der Waals surface area contributed by atoms with E-state index in [1.54, 1.807) is 12.4 Å². The molecule has 0 aromatic carbocycles. The van der Waals surface area contributed by atoms with Crippen LogP contribution < -0.4 is 11.3 Å². The molecule has 0 aliphatic heterocycles. The molecule has 6 nitrogen and oxygen atoms in total. The monoisotopic (exact) mass is 204 g/mol. The molecular weight excluding hydrogens is 192 g/mol. The molecule has 0 unspecified atom stereocenters. The van der Waals surface area contributed by atoms with Gasteiger partial charge < -0.3 is 0 Å². The highest BCUT2D eigenvalue weighted by molar-refractivity contribution is 5.57. The van der Waals surface area contributed by atoms with Gasteiger partial charge in [0, 0.05) is 24.5 Å². The summed E-state index contributed by atoms with van der Waals surface area (Å²) in [6.45, 7) is 2.87. The van der Waals surface area contributed by atoms with Gasteiger partial charge in [0.2, 0.25) is 5.95 Å². The summed E-state index contributed by atoms with van der Waals surface area (Å²) in [6.07, 6.45) is 5.36. The lowest BCUT2D eigenvalue weighted by Crippen LogP contribution is -2.10. The molecule has 0 atom stereocenters. The topological polar surface area (TPSA) is 81.7 Å². The van der Waals surface area contributed by atoms with Crippen LogP contribution in [0.3, 0.4) is 0 Å². The van der Waals surface area contributed by atoms with Gasteiger partial charge in [-0.25, -0.2) is 15.8 Å². The Bertz CT molecular complexity index is 449. The molecule has 0 bridgehead atoms. The molecule has 2 rings (SSSR count). The maximum absolute atomic E-state index is 5.23. The van der Waals surface area contributed by atoms with Crippen LogP contribution in [0.5, 0.6) is 0 Å². The molecule has 3 N–H and O–H groups in total. The van der Waals surface area contributed by atoms with Gasteiger partial charge in [0.05, 0.1) is 11.9 Å². The van der Waals surface area contributed by atoms with Crippen molar-refractivity contribution in [1.82, 2.24) is 19.7 Å². The molecule has 0 amide bonds. The number of nitrogens with zero attached hydrogens (tertiary/aromatic N) is 4. The fourth-order valence-corrected chi connectivity index (χ4v) is 1.26. The number of hydrogen-bond acceptors (Lipinski definition) is 5. The van der Waals surface area contributed by atoms with Crippen LogP contribution in [0.15, 0.2) is 24.7 Å². The summed E-state index contributed by atoms with van der Waals surface area (Å²) in [7, 11) is 0. The maximum Gasteiger partial charge on any atom is 0.237 e. The zero-order chi connectivity index (χ0) is 10.7. The van der Waals surface area contributed by atoms with Crippen molar-refractivity contribution in [3.05, 3.63) is 24.7 Å². The third-order valence-electron chi connectivity index (χ3n) is 2.04. The van der Waals surface area contributed by atoms with Crippen molar-refractivity contribution in [1.29, 1.82) is 0 Å². The van der Waals surface area contributed by atoms with E-state index in [0.29, 0.717) is 5.95 Å². The third kappa shape index (κ3) is 1.94. The van der Waals surface area contributed by atoms with Gasteiger partial charge in [0.1, 0.15) is 0 Å². The fraction of sp³-hybridized carbons (Fsp3) is 0.222. The Labute approximate surface area is 87.1 Å². The normalized spacial score (nSPS) is 10.3. The predicted molar refractivity (Wildman–Crippen MR) is 56.7 cm³/mol. The zero-order valence-electron chi connectivity index (χ0n) is 8.38. The standard InChI is InChI=1S/C9H12N6/c1-2-15-6-7(5-12-15)8-3-4-11-9(13-8)14-10/h3-6H,2,10H2,1H3,(H,11,13,14). The van der Waals surface area contributed by atoms with E-state index in [1.165, 1.54) is 0 Å². The number of rotatable bonds is 3. The Morgan fingerprint density at radius 3 is 3.07 bits per heavy atom. The summed E-state index contributed by atoms with van der Waals surface area (Å²) >= 11 is 0. The molecule has 0 aliphatic rings. The molecule has 0 saturated heterocycles. The minimum absolute atomic E-state index is 0.400. The lowest BCUT2D eigenvalue weighted by molar-refractivity contribution is 0.660. The number of hydrogen-bond donors (Lipinski definition) is 2. The molecule has 6 heteroatoms. The van der Waals surface area contributed by atoms with Gasteiger partial charge in [-0.2, -0.15) is 5.10 Å². The van der Waals surface area contributed by atoms with Crippen molar-refractivity contribution in [2.75, 3.05) is 5.43 Å². The first-order valence-electron chi connectivity index (χ1n) is 4.66. The van der Waals surface area contributed by atoms with Crippen LogP contribution in [-0.4, -0.2) is 19.7 Å². The van der Waals surface area contributed by atoms with Gasteiger partial charge in [0.15, 0.2) is 0 Å². The number of nitrogen functional groups attached to an aromatic ring is 1. The van der Waals surface area contributed by atoms with Crippen molar-refractivity contribution in [3.63, 3.8) is 0 Å². The van der Waals surface area contributed by atoms with Gasteiger partial charge in [-0.3, -0.25) is 10.1 Å². The van der Waals surface area contributed by atoms with E-state index in [4.69, 9.17) is 5.84 Å². The van der Waals surface area contributed by atoms with Gasteiger partial charge in [-0.1, -0.05) is 0 Å². The summed E-state index contributed by atoms with van der Waals surface area (Å²) in [5.74, 6) is 5.63. The molecule has 2 aromatic heterocycles. The number of aryl methyl sites for hydroxylation is 1. The smallest absolute Gasteiger partial charge is 0.237 e. The Balaban J connectivity index is 2.35. The van der Waals surface area contributed by atoms with Crippen LogP contribution in [0.4, 0.5) is 5.95 Å². The van der Waals surface area contributed by atoms with Crippen LogP contribution in [0.1, 0.15) is 6.92 Å². The lowest BCUT2D eigenvalue weighted by atomic mass is 10.2. The molecule has 0 fully saturated rings. The largest absolute Gasteiger partial charge is 0.292 e. The SMILES string of the molecule is CCn1cc(-c2ccnc(NN)n2)cn1. The summed E-state index contributed by atoms with van der Waals surface area (Å²) in [5, 5.41) is 4.17. The van der Waals surface area contributed by atoms with Crippen molar-refractivity contribution < 1.29 is 0 Å². The minimum Gasteiger partial charge on any atom is -0.292 e. The van der Waals surface area contributed by atoms with Crippen LogP contribution in [0.25, 0.3) is 11.3 Å². The van der Waals surface area contributed by atoms with Gasteiger partial charge >= 0.3 is 0 Å². The number of aromatic nitrogens is 4. The molecule has 15 heavy (non-hydrogen) atoms. The minimum atomic E-state index is 0.400. The van der Waals surface area contributed by atoms with E-state index >= 15 is 0 Å². The highest BCUT2D eigenvalue weighted by Crippen LogP contribution is 2.15. The second-order valence-corrected chi connectivity index (χ2v) is 2.99. The highest BCUT2D eigenvalue weighted by atomic mass is 15.3. The Morgan fingerprint density at radius 1 is 1.53 bits per heavy atom. The van der Waals surface area contributed by atoms with E-state index in [-0.39, 0.29) is 0 Å². The first-order chi connectivity index (χ1) is 7.33. The Kier molecular flexibility index (Phi) is 2.59. The van der Waals surface area contributed by atoms with Crippen LogP contribution >= 0.6 is 0 Å². The van der Waals surface area contributed by atoms with E-state index in [0.717, 1.165) is 17.8 Å². The second kappa shape index (κ2) is 4.05. The molecule has 0 spiro atoms. The average molecular weight is 204 g/mol. The highest BCUT2D eigenvalue weighted by Gasteiger charge is 2.03. The molecule has 2 aromatic rings. The number of nitrogens with one attached hydrogen (secondary N) is 1. The Hall–Kier alpha value is -1.95. The number of anilines is 1. The predicted octanol–water partition coefficient (Wildman–Crippen LogP) is 0.646. The van der Waals surface area contributed by atoms with Crippen molar-refractivity contribution in [3.8, 4) is 11.3 Å². The van der Waals surface area contributed by atoms with E-state index in [9.17, 15) is 0 Å². The zero-order valence-corrected chi connectivity index (χ0v) is 8.38. The van der Waals surface area contributed by atoms with Crippen LogP contribution in [0, 0.1) is 0 Å². The summed E-state index contributed by atoms with van der Waals surface area (Å²) in [6, 6.07) is 1.82. The van der Waals surface area contributed by atoms with Gasteiger partial charge in [-0.05, 0) is 13.0 Å². The van der Waals surface area contributed by atoms with Gasteiger partial charge in [0.25, 0.3) is 0 Å². The first-order valence-corrected chi connectivity index (χ1v) is 4.66. The van der Waals surface area contributed by atoms with Crippen LogP contribution in [-0.2, 0) is 6.54 Å². The summed E-state index contributed by atoms with van der Waals surface area (Å²) < 4.78 is 1.84. The van der Waals surface area contributed by atoms with E-state index in [2.05, 4.69) is 20.5 Å². The maximum atomic E-state index is 5.23. The van der Waals surface area contributed by atoms with Gasteiger partial charge in [-0.15, -0.1) is 0 Å². The lowest BCUT2D eigenvalue weighted by Gasteiger charge is -1.99. The molecule has 0 aliphatic carbocycles. The molecule has 0 saturated carbocycles. The van der Waals surface area contributed by atoms with Crippen molar-refractivity contribution in [2.45, 2.75) is 13.5 Å². The van der Waals surface area contributed by atoms with E-state index < -0.39 is 0 Å². The summed E-state index contributed by atoms with van der Waals surface area (Å²) in [5.41, 5.74) is 4.17. The fourth-order valence-electron chi connectivity index (χ4n) is 1.26. The number of nitrogens with two attached hydrogens (primary N) is 1. The van der Waals surface area contributed by atoms with Crippen molar-refractivity contribution in [2.24, 2.45) is 5.84 Å². The molecular formula is C9H12N6. The Morgan fingerprint density at radius 2 is 2.40 bits per heavy atom. The third-order valence-corrected chi connectivity index (χ3v) is 2.04. The quantitative estimate of drug-likeness (QED) is 0.566. The first kappa shape index (κ1) is 9.60. The van der Waals surface area contributed by atoms with Crippen LogP contribution in [0.2, 0.25) is 0 Å². The van der Waals surface area contributed by atoms with Crippen molar-refractivity contribution >= 4 is 5.95 Å². The second-order valence-electron chi connectivity index (χ2n) is 2.99. The molecule has 0 radical (unpaired) electrons. The number of hydrazine groups is 1. The molecule has 2 heterocycles. The summed E-state index contributed by atoms with van der Waals surface area (Å²) in [4.78, 5) is 8.14. The molecule has 78 valence electrons.